The second-order valence-corrected chi connectivity index (χ2v) is 6.14. The number of esters is 1. The number of halogens is 1. The van der Waals surface area contributed by atoms with Crippen LogP contribution in [0.2, 0.25) is 0 Å². The van der Waals surface area contributed by atoms with Gasteiger partial charge in [0, 0.05) is 11.5 Å². The number of hydrogen-bond acceptors (Lipinski definition) is 4. The van der Waals surface area contributed by atoms with Gasteiger partial charge in [0.25, 0.3) is 0 Å². The Hall–Kier alpha value is -2.15. The lowest BCUT2D eigenvalue weighted by atomic mass is 10.1. The number of nitrogens with zero attached hydrogens (tertiary/aromatic N) is 2. The zero-order valence-electron chi connectivity index (χ0n) is 13.9. The van der Waals surface area contributed by atoms with Gasteiger partial charge in [0.05, 0.1) is 18.7 Å². The van der Waals surface area contributed by atoms with E-state index < -0.39 is 5.97 Å². The molecule has 0 spiro atoms. The molecule has 1 aromatic heterocycles. The second-order valence-electron chi connectivity index (χ2n) is 5.22. The Balaban J connectivity index is 2.23. The van der Waals surface area contributed by atoms with Gasteiger partial charge in [-0.25, -0.2) is 4.79 Å². The van der Waals surface area contributed by atoms with E-state index in [1.54, 1.807) is 14.0 Å². The molecule has 7 heteroatoms. The van der Waals surface area contributed by atoms with Gasteiger partial charge in [0.1, 0.15) is 11.4 Å². The summed E-state index contributed by atoms with van der Waals surface area (Å²) >= 11 is 3.38. The van der Waals surface area contributed by atoms with Crippen LogP contribution < -0.4 is 5.32 Å². The molecule has 0 fully saturated rings. The lowest BCUT2D eigenvalue weighted by Crippen LogP contribution is -2.19. The molecule has 6 nitrogen and oxygen atoms in total. The number of aryl methyl sites for hydroxylation is 2. The van der Waals surface area contributed by atoms with Crippen LogP contribution in [-0.4, -0.2) is 28.3 Å². The zero-order chi connectivity index (χ0) is 17.7. The standard InChI is InChI=1S/C17H20BrN3O3/c1-4-13-15(17(23)24-5-2)16(21(3)20-13)19-14(22)10-11-7-6-8-12(18)9-11/h6-9H,4-5,10H2,1-3H3,(H,19,22). The van der Waals surface area contributed by atoms with Crippen molar-refractivity contribution in [3.8, 4) is 0 Å². The van der Waals surface area contributed by atoms with Crippen LogP contribution in [0.15, 0.2) is 28.7 Å². The van der Waals surface area contributed by atoms with E-state index in [0.29, 0.717) is 23.5 Å². The molecule has 0 saturated heterocycles. The Morgan fingerprint density at radius 1 is 1.33 bits per heavy atom. The Morgan fingerprint density at radius 3 is 2.71 bits per heavy atom. The van der Waals surface area contributed by atoms with Gasteiger partial charge in [-0.1, -0.05) is 35.0 Å². The number of anilines is 1. The fourth-order valence-electron chi connectivity index (χ4n) is 2.40. The molecule has 0 unspecified atom stereocenters. The first-order valence-electron chi connectivity index (χ1n) is 7.73. The molecule has 128 valence electrons. The van der Waals surface area contributed by atoms with Gasteiger partial charge in [0.2, 0.25) is 5.91 Å². The van der Waals surface area contributed by atoms with Gasteiger partial charge in [-0.2, -0.15) is 5.10 Å². The summed E-state index contributed by atoms with van der Waals surface area (Å²) in [5, 5.41) is 7.09. The molecule has 0 atom stereocenters. The van der Waals surface area contributed by atoms with Crippen LogP contribution in [0.5, 0.6) is 0 Å². The molecule has 0 aliphatic rings. The van der Waals surface area contributed by atoms with Crippen LogP contribution in [0.1, 0.15) is 35.5 Å². The Morgan fingerprint density at radius 2 is 2.08 bits per heavy atom. The van der Waals surface area contributed by atoms with E-state index in [1.807, 2.05) is 31.2 Å². The van der Waals surface area contributed by atoms with E-state index in [0.717, 1.165) is 10.0 Å². The van der Waals surface area contributed by atoms with E-state index in [4.69, 9.17) is 4.74 Å². The Kier molecular flexibility index (Phi) is 6.14. The first kappa shape index (κ1) is 18.2. The van der Waals surface area contributed by atoms with Gasteiger partial charge < -0.3 is 10.1 Å². The van der Waals surface area contributed by atoms with Gasteiger partial charge >= 0.3 is 5.97 Å². The molecule has 2 rings (SSSR count). The summed E-state index contributed by atoms with van der Waals surface area (Å²) in [4.78, 5) is 24.6. The fourth-order valence-corrected chi connectivity index (χ4v) is 2.84. The topological polar surface area (TPSA) is 73.2 Å². The van der Waals surface area contributed by atoms with Gasteiger partial charge in [0.15, 0.2) is 0 Å². The number of carbonyl (C=O) groups is 2. The van der Waals surface area contributed by atoms with Crippen LogP contribution in [0.25, 0.3) is 0 Å². The van der Waals surface area contributed by atoms with Crippen molar-refractivity contribution in [2.24, 2.45) is 7.05 Å². The third kappa shape index (κ3) is 4.23. The molecule has 1 N–H and O–H groups in total. The number of aromatic nitrogens is 2. The van der Waals surface area contributed by atoms with Gasteiger partial charge in [-0.3, -0.25) is 9.48 Å². The van der Waals surface area contributed by atoms with Crippen molar-refractivity contribution in [3.63, 3.8) is 0 Å². The molecule has 2 aromatic rings. The number of benzene rings is 1. The molecule has 0 bridgehead atoms. The summed E-state index contributed by atoms with van der Waals surface area (Å²) in [7, 11) is 1.69. The monoisotopic (exact) mass is 393 g/mol. The van der Waals surface area contributed by atoms with Crippen molar-refractivity contribution in [2.75, 3.05) is 11.9 Å². The third-order valence-corrected chi connectivity index (χ3v) is 3.94. The number of carbonyl (C=O) groups excluding carboxylic acids is 2. The van der Waals surface area contributed by atoms with Crippen LogP contribution in [-0.2, 0) is 29.4 Å². The Bertz CT molecular complexity index is 756. The molecule has 24 heavy (non-hydrogen) atoms. The third-order valence-electron chi connectivity index (χ3n) is 3.45. The number of amides is 1. The minimum absolute atomic E-state index is 0.203. The SMILES string of the molecule is CCOC(=O)c1c(CC)nn(C)c1NC(=O)Cc1cccc(Br)c1. The fraction of sp³-hybridized carbons (Fsp3) is 0.353. The lowest BCUT2D eigenvalue weighted by molar-refractivity contribution is -0.115. The van der Waals surface area contributed by atoms with Crippen LogP contribution in [0.3, 0.4) is 0 Å². The minimum Gasteiger partial charge on any atom is -0.462 e. The highest BCUT2D eigenvalue weighted by molar-refractivity contribution is 9.10. The molecule has 1 heterocycles. The van der Waals surface area contributed by atoms with E-state index in [2.05, 4.69) is 26.3 Å². The van der Waals surface area contributed by atoms with Crippen molar-refractivity contribution in [1.82, 2.24) is 9.78 Å². The number of ether oxygens (including phenoxy) is 1. The summed E-state index contributed by atoms with van der Waals surface area (Å²) in [6.07, 6.45) is 0.776. The Labute approximate surface area is 149 Å². The second kappa shape index (κ2) is 8.10. The average Bonchev–Trinajstić information content (AvgIpc) is 2.83. The maximum absolute atomic E-state index is 12.4. The van der Waals surface area contributed by atoms with Gasteiger partial charge in [-0.05, 0) is 31.0 Å². The lowest BCUT2D eigenvalue weighted by Gasteiger charge is -2.09. The van der Waals surface area contributed by atoms with Gasteiger partial charge in [-0.15, -0.1) is 0 Å². The normalized spacial score (nSPS) is 10.5. The van der Waals surface area contributed by atoms with Crippen LogP contribution >= 0.6 is 15.9 Å². The highest BCUT2D eigenvalue weighted by Gasteiger charge is 2.24. The molecule has 0 aliphatic carbocycles. The number of rotatable bonds is 6. The van der Waals surface area contributed by atoms with Crippen LogP contribution in [0.4, 0.5) is 5.82 Å². The first-order chi connectivity index (χ1) is 11.5. The molecule has 0 saturated carbocycles. The highest BCUT2D eigenvalue weighted by atomic mass is 79.9. The molecule has 1 aromatic carbocycles. The predicted octanol–water partition coefficient (Wildman–Crippen LogP) is 3.10. The summed E-state index contributed by atoms with van der Waals surface area (Å²) in [5.74, 6) is -0.324. The van der Waals surface area contributed by atoms with Crippen molar-refractivity contribution in [1.29, 1.82) is 0 Å². The number of nitrogens with one attached hydrogen (secondary N) is 1. The summed E-state index contributed by atoms with van der Waals surface area (Å²) in [5.41, 5.74) is 1.80. The van der Waals surface area contributed by atoms with E-state index in [-0.39, 0.29) is 18.9 Å². The van der Waals surface area contributed by atoms with Crippen molar-refractivity contribution < 1.29 is 14.3 Å². The molecular formula is C17H20BrN3O3. The number of hydrogen-bond donors (Lipinski definition) is 1. The predicted molar refractivity (Wildman–Crippen MR) is 95.0 cm³/mol. The minimum atomic E-state index is -0.472. The highest BCUT2D eigenvalue weighted by Crippen LogP contribution is 2.22. The smallest absolute Gasteiger partial charge is 0.343 e. The summed E-state index contributed by atoms with van der Waals surface area (Å²) in [6, 6.07) is 7.52. The quantitative estimate of drug-likeness (QED) is 0.765. The maximum atomic E-state index is 12.4. The first-order valence-corrected chi connectivity index (χ1v) is 8.52. The molecule has 0 aliphatic heterocycles. The van der Waals surface area contributed by atoms with Crippen molar-refractivity contribution in [2.45, 2.75) is 26.7 Å². The summed E-state index contributed by atoms with van der Waals surface area (Å²) in [6.45, 7) is 3.91. The van der Waals surface area contributed by atoms with E-state index in [1.165, 1.54) is 4.68 Å². The van der Waals surface area contributed by atoms with E-state index >= 15 is 0 Å². The molecule has 1 amide bonds. The largest absolute Gasteiger partial charge is 0.462 e. The van der Waals surface area contributed by atoms with E-state index in [9.17, 15) is 9.59 Å². The van der Waals surface area contributed by atoms with Crippen molar-refractivity contribution in [3.05, 3.63) is 45.6 Å². The average molecular weight is 394 g/mol. The zero-order valence-corrected chi connectivity index (χ0v) is 15.5. The van der Waals surface area contributed by atoms with Crippen LogP contribution in [0, 0.1) is 0 Å². The molecule has 0 radical (unpaired) electrons. The molecular weight excluding hydrogens is 374 g/mol. The maximum Gasteiger partial charge on any atom is 0.343 e. The van der Waals surface area contributed by atoms with Crippen molar-refractivity contribution >= 4 is 33.6 Å². The summed E-state index contributed by atoms with van der Waals surface area (Å²) < 4.78 is 7.51.